The smallest absolute Gasteiger partial charge is 0.271 e. The van der Waals surface area contributed by atoms with Crippen LogP contribution in [-0.4, -0.2) is 22.4 Å². The molecule has 1 rings (SSSR count). The number of nitrogens with zero attached hydrogens (tertiary/aromatic N) is 2. The normalized spacial score (nSPS) is 11.2. The van der Waals surface area contributed by atoms with Gasteiger partial charge in [0.05, 0.1) is 12.4 Å². The number of nitrogen functional groups attached to an aromatic ring is 1. The zero-order chi connectivity index (χ0) is 12.2. The molecule has 0 fully saturated rings. The Morgan fingerprint density at radius 3 is 2.56 bits per heavy atom. The van der Waals surface area contributed by atoms with Gasteiger partial charge in [0.25, 0.3) is 5.91 Å². The summed E-state index contributed by atoms with van der Waals surface area (Å²) in [6, 6.07) is 0. The third kappa shape index (κ3) is 4.25. The number of nitrogens with two attached hydrogens (primary N) is 1. The summed E-state index contributed by atoms with van der Waals surface area (Å²) < 4.78 is 0. The fraction of sp³-hybridized carbons (Fsp3) is 0.545. The predicted molar refractivity (Wildman–Crippen MR) is 62.8 cm³/mol. The minimum Gasteiger partial charge on any atom is -0.382 e. The molecule has 1 aromatic heterocycles. The second kappa shape index (κ2) is 4.92. The van der Waals surface area contributed by atoms with Gasteiger partial charge in [-0.25, -0.2) is 9.97 Å². The van der Waals surface area contributed by atoms with Crippen molar-refractivity contribution in [2.24, 2.45) is 5.41 Å². The van der Waals surface area contributed by atoms with Gasteiger partial charge in [0.15, 0.2) is 0 Å². The Hall–Kier alpha value is -1.65. The zero-order valence-corrected chi connectivity index (χ0v) is 9.95. The Labute approximate surface area is 95.5 Å². The summed E-state index contributed by atoms with van der Waals surface area (Å²) >= 11 is 0. The number of anilines is 1. The first-order chi connectivity index (χ1) is 7.38. The molecule has 1 aromatic rings. The predicted octanol–water partition coefficient (Wildman–Crippen LogP) is 1.22. The summed E-state index contributed by atoms with van der Waals surface area (Å²) in [6.45, 7) is 7.01. The molecule has 0 aliphatic carbocycles. The Balaban J connectivity index is 2.44. The maximum atomic E-state index is 11.6. The highest BCUT2D eigenvalue weighted by Gasteiger charge is 2.12. The molecular formula is C11H18N4O. The fourth-order valence-corrected chi connectivity index (χ4v) is 1.10. The molecule has 0 spiro atoms. The van der Waals surface area contributed by atoms with Crippen LogP contribution in [0.25, 0.3) is 0 Å². The van der Waals surface area contributed by atoms with Gasteiger partial charge in [0, 0.05) is 6.54 Å². The number of rotatable bonds is 3. The second-order valence-electron chi connectivity index (χ2n) is 4.89. The molecule has 5 nitrogen and oxygen atoms in total. The van der Waals surface area contributed by atoms with Crippen LogP contribution in [0, 0.1) is 5.41 Å². The lowest BCUT2D eigenvalue weighted by atomic mass is 9.92. The Morgan fingerprint density at radius 1 is 1.38 bits per heavy atom. The van der Waals surface area contributed by atoms with E-state index in [1.54, 1.807) is 0 Å². The van der Waals surface area contributed by atoms with Crippen molar-refractivity contribution in [3.8, 4) is 0 Å². The van der Waals surface area contributed by atoms with Gasteiger partial charge in [-0.15, -0.1) is 0 Å². The molecule has 0 radical (unpaired) electrons. The molecule has 16 heavy (non-hydrogen) atoms. The lowest BCUT2D eigenvalue weighted by Gasteiger charge is -2.17. The number of aromatic nitrogens is 2. The van der Waals surface area contributed by atoms with Crippen LogP contribution in [0.5, 0.6) is 0 Å². The van der Waals surface area contributed by atoms with E-state index < -0.39 is 0 Å². The molecule has 1 amide bonds. The summed E-state index contributed by atoms with van der Waals surface area (Å²) in [5, 5.41) is 2.79. The molecule has 3 N–H and O–H groups in total. The third-order valence-corrected chi connectivity index (χ3v) is 2.07. The van der Waals surface area contributed by atoms with Gasteiger partial charge in [-0.1, -0.05) is 20.8 Å². The van der Waals surface area contributed by atoms with Crippen molar-refractivity contribution in [3.05, 3.63) is 18.1 Å². The minimum atomic E-state index is -0.211. The first-order valence-corrected chi connectivity index (χ1v) is 5.24. The van der Waals surface area contributed by atoms with Crippen molar-refractivity contribution in [1.82, 2.24) is 15.3 Å². The molecule has 0 bridgehead atoms. The van der Waals surface area contributed by atoms with Crippen molar-refractivity contribution < 1.29 is 4.79 Å². The highest BCUT2D eigenvalue weighted by molar-refractivity contribution is 5.91. The molecule has 0 atom stereocenters. The molecule has 0 aliphatic rings. The summed E-state index contributed by atoms with van der Waals surface area (Å²) in [6.07, 6.45) is 3.67. The van der Waals surface area contributed by atoms with Crippen LogP contribution in [0.3, 0.4) is 0 Å². The van der Waals surface area contributed by atoms with Gasteiger partial charge >= 0.3 is 0 Å². The maximum absolute atomic E-state index is 11.6. The molecule has 1 heterocycles. The van der Waals surface area contributed by atoms with E-state index in [1.165, 1.54) is 12.4 Å². The zero-order valence-electron chi connectivity index (χ0n) is 9.95. The third-order valence-electron chi connectivity index (χ3n) is 2.07. The van der Waals surface area contributed by atoms with Crippen molar-refractivity contribution in [2.45, 2.75) is 27.2 Å². The molecule has 0 unspecified atom stereocenters. The van der Waals surface area contributed by atoms with Crippen LogP contribution in [0.4, 0.5) is 5.82 Å². The molecule has 0 aromatic carbocycles. The van der Waals surface area contributed by atoms with Crippen LogP contribution in [-0.2, 0) is 0 Å². The number of hydrogen-bond acceptors (Lipinski definition) is 4. The summed E-state index contributed by atoms with van der Waals surface area (Å²) in [5.41, 5.74) is 5.88. The van der Waals surface area contributed by atoms with E-state index in [1.807, 2.05) is 0 Å². The van der Waals surface area contributed by atoms with Crippen LogP contribution in [0.15, 0.2) is 12.4 Å². The molecular weight excluding hydrogens is 204 g/mol. The van der Waals surface area contributed by atoms with Gasteiger partial charge in [-0.3, -0.25) is 4.79 Å². The molecule has 0 aliphatic heterocycles. The fourth-order valence-electron chi connectivity index (χ4n) is 1.10. The lowest BCUT2D eigenvalue weighted by Crippen LogP contribution is -2.28. The monoisotopic (exact) mass is 222 g/mol. The van der Waals surface area contributed by atoms with E-state index in [0.29, 0.717) is 18.1 Å². The van der Waals surface area contributed by atoms with E-state index in [9.17, 15) is 4.79 Å². The maximum Gasteiger partial charge on any atom is 0.271 e. The average molecular weight is 222 g/mol. The highest BCUT2D eigenvalue weighted by Crippen LogP contribution is 2.16. The number of carbonyl (C=O) groups is 1. The lowest BCUT2D eigenvalue weighted by molar-refractivity contribution is 0.0944. The summed E-state index contributed by atoms with van der Waals surface area (Å²) in [4.78, 5) is 19.3. The summed E-state index contributed by atoms with van der Waals surface area (Å²) in [7, 11) is 0. The molecule has 0 saturated carbocycles. The van der Waals surface area contributed by atoms with E-state index in [4.69, 9.17) is 5.73 Å². The largest absolute Gasteiger partial charge is 0.382 e. The number of carbonyl (C=O) groups excluding carboxylic acids is 1. The quantitative estimate of drug-likeness (QED) is 0.805. The number of nitrogens with one attached hydrogen (secondary N) is 1. The molecule has 5 heteroatoms. The summed E-state index contributed by atoms with van der Waals surface area (Å²) in [5.74, 6) is 0.1000. The first-order valence-electron chi connectivity index (χ1n) is 5.24. The van der Waals surface area contributed by atoms with Gasteiger partial charge in [-0.2, -0.15) is 0 Å². The highest BCUT2D eigenvalue weighted by atomic mass is 16.1. The SMILES string of the molecule is CC(C)(C)CCNC(=O)c1cnc(N)cn1. The van der Waals surface area contributed by atoms with Crippen LogP contribution >= 0.6 is 0 Å². The average Bonchev–Trinajstić information content (AvgIpc) is 2.16. The van der Waals surface area contributed by atoms with Crippen LogP contribution in [0.1, 0.15) is 37.7 Å². The minimum absolute atomic E-state index is 0.208. The van der Waals surface area contributed by atoms with Gasteiger partial charge in [0.1, 0.15) is 11.5 Å². The van der Waals surface area contributed by atoms with E-state index in [2.05, 4.69) is 36.1 Å². The van der Waals surface area contributed by atoms with E-state index in [0.717, 1.165) is 6.42 Å². The Kier molecular flexibility index (Phi) is 3.82. The van der Waals surface area contributed by atoms with Gasteiger partial charge in [0.2, 0.25) is 0 Å². The first kappa shape index (κ1) is 12.4. The van der Waals surface area contributed by atoms with Crippen LogP contribution < -0.4 is 11.1 Å². The molecule has 0 saturated heterocycles. The van der Waals surface area contributed by atoms with Crippen molar-refractivity contribution in [3.63, 3.8) is 0 Å². The topological polar surface area (TPSA) is 80.9 Å². The van der Waals surface area contributed by atoms with Gasteiger partial charge < -0.3 is 11.1 Å². The second-order valence-corrected chi connectivity index (χ2v) is 4.89. The van der Waals surface area contributed by atoms with Crippen molar-refractivity contribution in [2.75, 3.05) is 12.3 Å². The Bertz CT molecular complexity index is 353. The van der Waals surface area contributed by atoms with Crippen molar-refractivity contribution in [1.29, 1.82) is 0 Å². The van der Waals surface area contributed by atoms with Gasteiger partial charge in [-0.05, 0) is 11.8 Å². The standard InChI is InChI=1S/C11H18N4O/c1-11(2,3)4-5-13-10(16)8-6-15-9(12)7-14-8/h6-7H,4-5H2,1-3H3,(H2,12,15)(H,13,16). The Morgan fingerprint density at radius 2 is 2.06 bits per heavy atom. The van der Waals surface area contributed by atoms with Crippen LogP contribution in [0.2, 0.25) is 0 Å². The van der Waals surface area contributed by atoms with E-state index >= 15 is 0 Å². The number of hydrogen-bond donors (Lipinski definition) is 2. The molecule has 88 valence electrons. The van der Waals surface area contributed by atoms with E-state index in [-0.39, 0.29) is 11.3 Å². The number of amides is 1. The van der Waals surface area contributed by atoms with Crippen molar-refractivity contribution >= 4 is 11.7 Å².